The minimum absolute atomic E-state index is 0.297. The summed E-state index contributed by atoms with van der Waals surface area (Å²) in [5, 5.41) is 9.42. The average molecular weight is 272 g/mol. The molecule has 2 fully saturated rings. The first-order valence-electron chi connectivity index (χ1n) is 7.73. The molecule has 0 amide bonds. The summed E-state index contributed by atoms with van der Waals surface area (Å²) in [6.07, 6.45) is 5.82. The molecule has 2 atom stereocenters. The highest BCUT2D eigenvalue weighted by Crippen LogP contribution is 2.29. The van der Waals surface area contributed by atoms with Gasteiger partial charge in [-0.15, -0.1) is 0 Å². The molecule has 0 aromatic carbocycles. The summed E-state index contributed by atoms with van der Waals surface area (Å²) in [7, 11) is 0. The standard InChI is InChI=1S/C15H28O4/c1-2-14(16)9-17-7-12-3-5-13(6-4-12)8-18-10-15-11-19-15/h12-16H,2-11H2,1H3. The van der Waals surface area contributed by atoms with Crippen molar-refractivity contribution < 1.29 is 19.3 Å². The molecule has 0 aromatic heterocycles. The lowest BCUT2D eigenvalue weighted by Gasteiger charge is -2.28. The summed E-state index contributed by atoms with van der Waals surface area (Å²) in [5.41, 5.74) is 0. The lowest BCUT2D eigenvalue weighted by atomic mass is 9.83. The Labute approximate surface area is 116 Å². The third-order valence-corrected chi connectivity index (χ3v) is 4.16. The fraction of sp³-hybridized carbons (Fsp3) is 1.00. The molecule has 112 valence electrons. The largest absolute Gasteiger partial charge is 0.391 e. The molecule has 0 radical (unpaired) electrons. The molecule has 1 heterocycles. The van der Waals surface area contributed by atoms with E-state index in [-0.39, 0.29) is 6.10 Å². The zero-order valence-corrected chi connectivity index (χ0v) is 12.1. The van der Waals surface area contributed by atoms with E-state index in [4.69, 9.17) is 14.2 Å². The van der Waals surface area contributed by atoms with Crippen LogP contribution in [0.25, 0.3) is 0 Å². The topological polar surface area (TPSA) is 51.2 Å². The van der Waals surface area contributed by atoms with Crippen molar-refractivity contribution in [1.29, 1.82) is 0 Å². The monoisotopic (exact) mass is 272 g/mol. The van der Waals surface area contributed by atoms with Crippen molar-refractivity contribution in [2.24, 2.45) is 11.8 Å². The maximum atomic E-state index is 9.42. The zero-order chi connectivity index (χ0) is 13.5. The molecule has 0 spiro atoms. The first-order valence-corrected chi connectivity index (χ1v) is 7.73. The molecule has 1 N–H and O–H groups in total. The van der Waals surface area contributed by atoms with Crippen molar-refractivity contribution in [3.63, 3.8) is 0 Å². The van der Waals surface area contributed by atoms with E-state index in [0.717, 1.165) is 38.8 Å². The van der Waals surface area contributed by atoms with Crippen LogP contribution in [0.15, 0.2) is 0 Å². The number of hydrogen-bond acceptors (Lipinski definition) is 4. The van der Waals surface area contributed by atoms with Crippen molar-refractivity contribution in [2.45, 2.75) is 51.2 Å². The van der Waals surface area contributed by atoms with Gasteiger partial charge in [-0.2, -0.15) is 0 Å². The van der Waals surface area contributed by atoms with Crippen molar-refractivity contribution >= 4 is 0 Å². The van der Waals surface area contributed by atoms with E-state index >= 15 is 0 Å². The number of aliphatic hydroxyl groups is 1. The van der Waals surface area contributed by atoms with Crippen LogP contribution in [-0.2, 0) is 14.2 Å². The van der Waals surface area contributed by atoms with Gasteiger partial charge in [0, 0.05) is 13.2 Å². The normalized spacial score (nSPS) is 32.2. The van der Waals surface area contributed by atoms with Gasteiger partial charge in [-0.05, 0) is 43.9 Å². The Morgan fingerprint density at radius 2 is 1.63 bits per heavy atom. The molecular formula is C15H28O4. The maximum Gasteiger partial charge on any atom is 0.104 e. The second-order valence-electron chi connectivity index (χ2n) is 5.98. The van der Waals surface area contributed by atoms with Gasteiger partial charge < -0.3 is 19.3 Å². The molecule has 2 aliphatic rings. The quantitative estimate of drug-likeness (QED) is 0.652. The summed E-state index contributed by atoms with van der Waals surface area (Å²) in [4.78, 5) is 0. The molecule has 4 heteroatoms. The van der Waals surface area contributed by atoms with E-state index in [1.165, 1.54) is 25.7 Å². The molecule has 19 heavy (non-hydrogen) atoms. The predicted molar refractivity (Wildman–Crippen MR) is 73.1 cm³/mol. The van der Waals surface area contributed by atoms with E-state index in [1.807, 2.05) is 6.92 Å². The summed E-state index contributed by atoms with van der Waals surface area (Å²) in [6, 6.07) is 0. The van der Waals surface area contributed by atoms with Crippen molar-refractivity contribution in [3.05, 3.63) is 0 Å². The third kappa shape index (κ3) is 6.21. The van der Waals surface area contributed by atoms with Crippen LogP contribution in [0.4, 0.5) is 0 Å². The molecule has 1 aliphatic heterocycles. The lowest BCUT2D eigenvalue weighted by molar-refractivity contribution is 0.00591. The van der Waals surface area contributed by atoms with Crippen LogP contribution in [0.1, 0.15) is 39.0 Å². The van der Waals surface area contributed by atoms with Gasteiger partial charge in [-0.25, -0.2) is 0 Å². The molecular weight excluding hydrogens is 244 g/mol. The van der Waals surface area contributed by atoms with Gasteiger partial charge in [0.2, 0.25) is 0 Å². The van der Waals surface area contributed by atoms with Crippen LogP contribution in [0.2, 0.25) is 0 Å². The third-order valence-electron chi connectivity index (χ3n) is 4.16. The first kappa shape index (κ1) is 15.2. The minimum atomic E-state index is -0.297. The summed E-state index contributed by atoms with van der Waals surface area (Å²) < 4.78 is 16.4. The van der Waals surface area contributed by atoms with E-state index in [1.54, 1.807) is 0 Å². The molecule has 0 bridgehead atoms. The number of ether oxygens (including phenoxy) is 3. The van der Waals surface area contributed by atoms with Crippen molar-refractivity contribution in [3.8, 4) is 0 Å². The van der Waals surface area contributed by atoms with Crippen LogP contribution in [0, 0.1) is 11.8 Å². The maximum absolute atomic E-state index is 9.42. The van der Waals surface area contributed by atoms with Crippen molar-refractivity contribution in [2.75, 3.05) is 33.0 Å². The van der Waals surface area contributed by atoms with Crippen LogP contribution in [-0.4, -0.2) is 50.3 Å². The molecule has 1 saturated heterocycles. The van der Waals surface area contributed by atoms with Crippen LogP contribution >= 0.6 is 0 Å². The number of epoxide rings is 1. The Hall–Kier alpha value is -0.160. The van der Waals surface area contributed by atoms with E-state index in [9.17, 15) is 5.11 Å². The van der Waals surface area contributed by atoms with Gasteiger partial charge in [-0.1, -0.05) is 6.92 Å². The Bertz CT molecular complexity index is 234. The molecule has 2 rings (SSSR count). The smallest absolute Gasteiger partial charge is 0.104 e. The van der Waals surface area contributed by atoms with Crippen LogP contribution < -0.4 is 0 Å². The highest BCUT2D eigenvalue weighted by atomic mass is 16.6. The van der Waals surface area contributed by atoms with Gasteiger partial charge in [0.25, 0.3) is 0 Å². The predicted octanol–water partition coefficient (Wildman–Crippen LogP) is 2.00. The summed E-state index contributed by atoms with van der Waals surface area (Å²) >= 11 is 0. The SMILES string of the molecule is CCC(O)COCC1CCC(COCC2CO2)CC1. The van der Waals surface area contributed by atoms with Gasteiger partial charge in [0.15, 0.2) is 0 Å². The molecule has 1 saturated carbocycles. The average Bonchev–Trinajstić information content (AvgIpc) is 3.24. The first-order chi connectivity index (χ1) is 9.28. The molecule has 0 aromatic rings. The van der Waals surface area contributed by atoms with Gasteiger partial charge >= 0.3 is 0 Å². The van der Waals surface area contributed by atoms with Gasteiger partial charge in [0.1, 0.15) is 6.10 Å². The zero-order valence-electron chi connectivity index (χ0n) is 12.1. The van der Waals surface area contributed by atoms with Gasteiger partial charge in [-0.3, -0.25) is 0 Å². The second kappa shape index (κ2) is 8.20. The molecule has 2 unspecified atom stereocenters. The van der Waals surface area contributed by atoms with E-state index in [2.05, 4.69) is 0 Å². The minimum Gasteiger partial charge on any atom is -0.391 e. The molecule has 1 aliphatic carbocycles. The van der Waals surface area contributed by atoms with E-state index in [0.29, 0.717) is 18.6 Å². The Balaban J connectivity index is 1.47. The highest BCUT2D eigenvalue weighted by molar-refractivity contribution is 4.73. The fourth-order valence-electron chi connectivity index (χ4n) is 2.58. The number of aliphatic hydroxyl groups excluding tert-OH is 1. The Kier molecular flexibility index (Phi) is 6.57. The fourth-order valence-corrected chi connectivity index (χ4v) is 2.58. The second-order valence-corrected chi connectivity index (χ2v) is 5.98. The van der Waals surface area contributed by atoms with Crippen molar-refractivity contribution in [1.82, 2.24) is 0 Å². The van der Waals surface area contributed by atoms with Crippen LogP contribution in [0.3, 0.4) is 0 Å². The summed E-state index contributed by atoms with van der Waals surface area (Å²) in [5.74, 6) is 1.39. The number of rotatable bonds is 9. The van der Waals surface area contributed by atoms with Gasteiger partial charge in [0.05, 0.1) is 25.9 Å². The molecule has 4 nitrogen and oxygen atoms in total. The van der Waals surface area contributed by atoms with E-state index < -0.39 is 0 Å². The summed E-state index contributed by atoms with van der Waals surface area (Å²) in [6.45, 7) is 5.82. The number of hydrogen-bond donors (Lipinski definition) is 1. The lowest BCUT2D eigenvalue weighted by Crippen LogP contribution is -2.24. The Morgan fingerprint density at radius 3 is 2.16 bits per heavy atom. The highest BCUT2D eigenvalue weighted by Gasteiger charge is 2.25. The Morgan fingerprint density at radius 1 is 1.05 bits per heavy atom. The van der Waals surface area contributed by atoms with Crippen LogP contribution in [0.5, 0.6) is 0 Å².